The van der Waals surface area contributed by atoms with Gasteiger partial charge in [0.15, 0.2) is 0 Å². The van der Waals surface area contributed by atoms with Gasteiger partial charge in [0.25, 0.3) is 0 Å². The number of carbonyl (C=O) groups is 1. The molecule has 0 aromatic carbocycles. The maximum Gasteiger partial charge on any atom is 0.303 e. The lowest BCUT2D eigenvalue weighted by Crippen LogP contribution is -2.27. The molecule has 0 rings (SSSR count). The highest BCUT2D eigenvalue weighted by Gasteiger charge is 2.06. The van der Waals surface area contributed by atoms with Crippen molar-refractivity contribution >= 4 is 5.97 Å². The molecular weight excluding hydrogens is 430 g/mol. The summed E-state index contributed by atoms with van der Waals surface area (Å²) in [6.45, 7) is 8.23. The molecule has 3 nitrogen and oxygen atoms in total. The second kappa shape index (κ2) is 29.7. The maximum atomic E-state index is 10.7. The molecule has 0 atom stereocenters. The van der Waals surface area contributed by atoms with Gasteiger partial charge in [-0.2, -0.15) is 0 Å². The highest BCUT2D eigenvalue weighted by molar-refractivity contribution is 5.66. The van der Waals surface area contributed by atoms with E-state index in [1.807, 2.05) is 0 Å². The van der Waals surface area contributed by atoms with Gasteiger partial charge in [-0.1, -0.05) is 149 Å². The molecule has 35 heavy (non-hydrogen) atoms. The van der Waals surface area contributed by atoms with Gasteiger partial charge in [0, 0.05) is 6.42 Å². The molecule has 3 heteroatoms. The minimum atomic E-state index is -0.649. The molecule has 0 aromatic rings. The Bertz CT molecular complexity index is 386. The van der Waals surface area contributed by atoms with Gasteiger partial charge in [0.1, 0.15) is 0 Å². The van der Waals surface area contributed by atoms with E-state index in [1.54, 1.807) is 0 Å². The molecule has 0 aliphatic carbocycles. The van der Waals surface area contributed by atoms with Crippen LogP contribution in [0.2, 0.25) is 0 Å². The van der Waals surface area contributed by atoms with Crippen molar-refractivity contribution < 1.29 is 9.90 Å². The van der Waals surface area contributed by atoms with Crippen molar-refractivity contribution in [2.45, 2.75) is 181 Å². The van der Waals surface area contributed by atoms with E-state index >= 15 is 0 Å². The van der Waals surface area contributed by atoms with Crippen LogP contribution in [-0.4, -0.2) is 35.6 Å². The highest BCUT2D eigenvalue weighted by atomic mass is 16.4. The zero-order valence-corrected chi connectivity index (χ0v) is 24.3. The molecule has 1 N–H and O–H groups in total. The summed E-state index contributed by atoms with van der Waals surface area (Å²) in [6, 6.07) is 0. The van der Waals surface area contributed by atoms with Crippen LogP contribution in [0.4, 0.5) is 0 Å². The Morgan fingerprint density at radius 3 is 0.971 bits per heavy atom. The second-order valence-corrected chi connectivity index (χ2v) is 11.1. The van der Waals surface area contributed by atoms with Crippen LogP contribution in [0.3, 0.4) is 0 Å². The summed E-state index contributed by atoms with van der Waals surface area (Å²) in [6.07, 6.45) is 34.3. The number of unbranched alkanes of at least 4 members (excludes halogenated alkanes) is 22. The fourth-order valence-corrected chi connectivity index (χ4v) is 5.12. The average Bonchev–Trinajstić information content (AvgIpc) is 2.84. The Morgan fingerprint density at radius 2 is 0.686 bits per heavy atom. The number of rotatable bonds is 30. The third kappa shape index (κ3) is 29.5. The number of carboxylic acid groups (broad SMARTS) is 1. The van der Waals surface area contributed by atoms with Crippen LogP contribution in [-0.2, 0) is 4.79 Å². The van der Waals surface area contributed by atoms with Crippen LogP contribution in [0, 0.1) is 0 Å². The van der Waals surface area contributed by atoms with E-state index in [1.165, 1.54) is 154 Å². The van der Waals surface area contributed by atoms with E-state index in [4.69, 9.17) is 5.11 Å². The van der Waals surface area contributed by atoms with Crippen LogP contribution in [0.1, 0.15) is 181 Å². The predicted molar refractivity (Wildman–Crippen MR) is 155 cm³/mol. The summed E-state index contributed by atoms with van der Waals surface area (Å²) in [5.41, 5.74) is 0. The summed E-state index contributed by atoms with van der Waals surface area (Å²) in [5.74, 6) is -0.649. The Morgan fingerprint density at radius 1 is 0.429 bits per heavy atom. The molecule has 0 heterocycles. The van der Waals surface area contributed by atoms with Crippen LogP contribution < -0.4 is 0 Å². The molecule has 0 radical (unpaired) electrons. The summed E-state index contributed by atoms with van der Waals surface area (Å²) in [7, 11) is 0. The van der Waals surface area contributed by atoms with Gasteiger partial charge in [-0.3, -0.25) is 4.79 Å². The third-order valence-corrected chi connectivity index (χ3v) is 7.52. The minimum absolute atomic E-state index is 0.331. The van der Waals surface area contributed by atoms with Gasteiger partial charge in [-0.15, -0.1) is 0 Å². The standard InChI is InChI=1S/C32H65NO2/c1-3-5-7-9-11-13-15-17-19-21-25-29-33(31-27-23-24-28-32(34)35)30-26-22-20-18-16-14-12-10-8-6-4-2/h3-31H2,1-2H3,(H,34,35). The molecule has 0 spiro atoms. The number of nitrogens with zero attached hydrogens (tertiary/aromatic N) is 1. The van der Waals surface area contributed by atoms with Crippen molar-refractivity contribution in [1.29, 1.82) is 0 Å². The first-order valence-electron chi connectivity index (χ1n) is 16.1. The molecule has 210 valence electrons. The average molecular weight is 496 g/mol. The lowest BCUT2D eigenvalue weighted by atomic mass is 10.1. The fourth-order valence-electron chi connectivity index (χ4n) is 5.12. The van der Waals surface area contributed by atoms with Crippen molar-refractivity contribution in [3.63, 3.8) is 0 Å². The first kappa shape index (κ1) is 34.4. The van der Waals surface area contributed by atoms with E-state index in [0.717, 1.165) is 25.8 Å². The zero-order valence-electron chi connectivity index (χ0n) is 24.3. The quantitative estimate of drug-likeness (QED) is 0.101. The van der Waals surface area contributed by atoms with Crippen LogP contribution in [0.25, 0.3) is 0 Å². The lowest BCUT2D eigenvalue weighted by molar-refractivity contribution is -0.137. The van der Waals surface area contributed by atoms with Gasteiger partial charge in [0.05, 0.1) is 0 Å². The van der Waals surface area contributed by atoms with Gasteiger partial charge < -0.3 is 10.0 Å². The number of hydrogen-bond donors (Lipinski definition) is 1. The van der Waals surface area contributed by atoms with Gasteiger partial charge in [-0.05, 0) is 45.3 Å². The lowest BCUT2D eigenvalue weighted by Gasteiger charge is -2.22. The molecule has 0 saturated heterocycles. The number of aliphatic carboxylic acids is 1. The molecule has 0 bridgehead atoms. The largest absolute Gasteiger partial charge is 0.481 e. The SMILES string of the molecule is CCCCCCCCCCCCCN(CCCCCCCCCCCCC)CCCCCC(=O)O. The van der Waals surface area contributed by atoms with E-state index in [9.17, 15) is 4.79 Å². The maximum absolute atomic E-state index is 10.7. The third-order valence-electron chi connectivity index (χ3n) is 7.52. The summed E-state index contributed by atoms with van der Waals surface area (Å²) < 4.78 is 0. The van der Waals surface area contributed by atoms with Crippen molar-refractivity contribution in [3.8, 4) is 0 Å². The molecule has 0 aromatic heterocycles. The summed E-state index contributed by atoms with van der Waals surface area (Å²) in [5, 5.41) is 8.85. The molecular formula is C32H65NO2. The van der Waals surface area contributed by atoms with Crippen molar-refractivity contribution in [2.75, 3.05) is 19.6 Å². The van der Waals surface area contributed by atoms with Gasteiger partial charge in [-0.25, -0.2) is 0 Å². The van der Waals surface area contributed by atoms with Crippen molar-refractivity contribution in [1.82, 2.24) is 4.90 Å². The first-order chi connectivity index (χ1) is 17.2. The van der Waals surface area contributed by atoms with E-state index in [-0.39, 0.29) is 0 Å². The smallest absolute Gasteiger partial charge is 0.303 e. The topological polar surface area (TPSA) is 40.5 Å². The van der Waals surface area contributed by atoms with Crippen LogP contribution in [0.5, 0.6) is 0 Å². The first-order valence-corrected chi connectivity index (χ1v) is 16.1. The van der Waals surface area contributed by atoms with E-state index in [0.29, 0.717) is 6.42 Å². The number of hydrogen-bond acceptors (Lipinski definition) is 2. The fraction of sp³-hybridized carbons (Fsp3) is 0.969. The molecule has 0 aliphatic heterocycles. The number of carboxylic acids is 1. The van der Waals surface area contributed by atoms with Crippen molar-refractivity contribution in [2.24, 2.45) is 0 Å². The molecule has 0 unspecified atom stereocenters. The minimum Gasteiger partial charge on any atom is -0.481 e. The van der Waals surface area contributed by atoms with E-state index < -0.39 is 5.97 Å². The van der Waals surface area contributed by atoms with Gasteiger partial charge in [0.2, 0.25) is 0 Å². The Labute approximate surface area is 221 Å². The van der Waals surface area contributed by atoms with Gasteiger partial charge >= 0.3 is 5.97 Å². The van der Waals surface area contributed by atoms with Crippen LogP contribution in [0.15, 0.2) is 0 Å². The Balaban J connectivity index is 3.81. The Hall–Kier alpha value is -0.570. The van der Waals surface area contributed by atoms with Crippen LogP contribution >= 0.6 is 0 Å². The van der Waals surface area contributed by atoms with Crippen molar-refractivity contribution in [3.05, 3.63) is 0 Å². The monoisotopic (exact) mass is 496 g/mol. The summed E-state index contributed by atoms with van der Waals surface area (Å²) >= 11 is 0. The molecule has 0 aliphatic rings. The molecule has 0 saturated carbocycles. The second-order valence-electron chi connectivity index (χ2n) is 11.1. The molecule has 0 fully saturated rings. The zero-order chi connectivity index (χ0) is 25.7. The predicted octanol–water partition coefficient (Wildman–Crippen LogP) is 10.6. The summed E-state index contributed by atoms with van der Waals surface area (Å²) in [4.78, 5) is 13.4. The molecule has 0 amide bonds. The van der Waals surface area contributed by atoms with E-state index in [2.05, 4.69) is 18.7 Å². The highest BCUT2D eigenvalue weighted by Crippen LogP contribution is 2.14. The normalized spacial score (nSPS) is 11.5. The Kier molecular flexibility index (Phi) is 29.2.